The van der Waals surface area contributed by atoms with Crippen molar-refractivity contribution in [2.45, 2.75) is 37.3 Å². The fourth-order valence-corrected chi connectivity index (χ4v) is 3.87. The molecule has 1 aromatic heterocycles. The Bertz CT molecular complexity index is 1000. The van der Waals surface area contributed by atoms with Crippen LogP contribution in [0.25, 0.3) is 0 Å². The predicted octanol–water partition coefficient (Wildman–Crippen LogP) is 2.80. The average Bonchev–Trinajstić information content (AvgIpc) is 3.19. The molecule has 0 aliphatic heterocycles. The first-order valence-corrected chi connectivity index (χ1v) is 9.74. The lowest BCUT2D eigenvalue weighted by Crippen LogP contribution is -2.22. The zero-order valence-corrected chi connectivity index (χ0v) is 16.3. The van der Waals surface area contributed by atoms with Crippen LogP contribution in [0, 0.1) is 0 Å². The minimum atomic E-state index is -0.675. The first kappa shape index (κ1) is 19.8. The monoisotopic (exact) mass is 412 g/mol. The number of nitrogens with zero attached hydrogens (tertiary/aromatic N) is 2. The molecule has 3 N–H and O–H groups in total. The molecule has 6 nitrogen and oxygen atoms in total. The summed E-state index contributed by atoms with van der Waals surface area (Å²) >= 11 is 5.76. The summed E-state index contributed by atoms with van der Waals surface area (Å²) < 4.78 is 5.67. The number of ether oxygens (including phenoxy) is 1. The second kappa shape index (κ2) is 8.47. The van der Waals surface area contributed by atoms with Crippen LogP contribution in [0.4, 0.5) is 0 Å². The van der Waals surface area contributed by atoms with Crippen molar-refractivity contribution in [3.05, 3.63) is 88.3 Å². The highest BCUT2D eigenvalue weighted by atomic mass is 35.5. The quantitative estimate of drug-likeness (QED) is 0.560. The molecule has 2 aliphatic carbocycles. The van der Waals surface area contributed by atoms with Crippen LogP contribution < -0.4 is 4.74 Å². The Kier molecular flexibility index (Phi) is 5.78. The Morgan fingerprint density at radius 3 is 2.07 bits per heavy atom. The Morgan fingerprint density at radius 1 is 0.828 bits per heavy atom. The standard InChI is InChI=1S/C13H11ClN2O2.C9H10O2/c14-11-6-12(16-7-15-11)18-10-5-8-3-1-2-4-9(8)13(10)17;10-8-5-6-3-1-2-4-7(6)9(8)11/h1-4,6-7,10,13,17H,5H2;1-4,8-11H,5H2/t10-,13+;8-,9+/m00/s1. The summed E-state index contributed by atoms with van der Waals surface area (Å²) in [5.74, 6) is 0.381. The SMILES string of the molecule is O[C@@H]1c2ccccc2C[C@@H]1O.O[C@@H]1c2ccccc2C[C@@H]1Oc1cc(Cl)ncn1. The second-order valence-electron chi connectivity index (χ2n) is 7.10. The number of hydrogen-bond donors (Lipinski definition) is 3. The highest BCUT2D eigenvalue weighted by molar-refractivity contribution is 6.29. The summed E-state index contributed by atoms with van der Waals surface area (Å²) in [5.41, 5.74) is 3.96. The van der Waals surface area contributed by atoms with Gasteiger partial charge in [0.15, 0.2) is 0 Å². The van der Waals surface area contributed by atoms with E-state index in [2.05, 4.69) is 9.97 Å². The van der Waals surface area contributed by atoms with Gasteiger partial charge < -0.3 is 20.1 Å². The Labute approximate surface area is 173 Å². The molecule has 1 heterocycles. The topological polar surface area (TPSA) is 95.7 Å². The molecule has 0 radical (unpaired) electrons. The highest BCUT2D eigenvalue weighted by Gasteiger charge is 2.32. The summed E-state index contributed by atoms with van der Waals surface area (Å²) in [5, 5.41) is 29.2. The lowest BCUT2D eigenvalue weighted by atomic mass is 10.1. The van der Waals surface area contributed by atoms with Gasteiger partial charge in [-0.2, -0.15) is 0 Å². The van der Waals surface area contributed by atoms with Gasteiger partial charge in [-0.25, -0.2) is 9.97 Å². The largest absolute Gasteiger partial charge is 0.471 e. The van der Waals surface area contributed by atoms with Crippen LogP contribution in [0.3, 0.4) is 0 Å². The molecule has 29 heavy (non-hydrogen) atoms. The van der Waals surface area contributed by atoms with Crippen LogP contribution in [0.5, 0.6) is 5.88 Å². The average molecular weight is 413 g/mol. The van der Waals surface area contributed by atoms with Gasteiger partial charge in [0.05, 0.1) is 6.10 Å². The number of aromatic nitrogens is 2. The van der Waals surface area contributed by atoms with Crippen LogP contribution in [0.15, 0.2) is 60.9 Å². The summed E-state index contributed by atoms with van der Waals surface area (Å²) in [7, 11) is 0. The molecule has 0 spiro atoms. The number of aliphatic hydroxyl groups is 3. The van der Waals surface area contributed by atoms with Gasteiger partial charge >= 0.3 is 0 Å². The Balaban J connectivity index is 0.000000159. The molecule has 2 aliphatic rings. The van der Waals surface area contributed by atoms with Gasteiger partial charge in [-0.3, -0.25) is 0 Å². The lowest BCUT2D eigenvalue weighted by Gasteiger charge is -2.16. The van der Waals surface area contributed by atoms with E-state index in [-0.39, 0.29) is 6.10 Å². The van der Waals surface area contributed by atoms with Crippen molar-refractivity contribution in [2.75, 3.05) is 0 Å². The Morgan fingerprint density at radius 2 is 1.45 bits per heavy atom. The third kappa shape index (κ3) is 4.26. The molecule has 2 aromatic carbocycles. The fraction of sp³-hybridized carbons (Fsp3) is 0.273. The number of halogens is 1. The molecule has 0 saturated heterocycles. The van der Waals surface area contributed by atoms with Gasteiger partial charge in [0.1, 0.15) is 29.8 Å². The number of benzene rings is 2. The van der Waals surface area contributed by atoms with Gasteiger partial charge in [0, 0.05) is 18.9 Å². The number of aliphatic hydroxyl groups excluding tert-OH is 3. The van der Waals surface area contributed by atoms with E-state index in [0.717, 1.165) is 22.3 Å². The van der Waals surface area contributed by atoms with Crippen LogP contribution in [0.1, 0.15) is 34.5 Å². The van der Waals surface area contributed by atoms with Crippen molar-refractivity contribution in [3.63, 3.8) is 0 Å². The Hall–Kier alpha value is -2.51. The maximum absolute atomic E-state index is 10.2. The van der Waals surface area contributed by atoms with Gasteiger partial charge in [-0.15, -0.1) is 0 Å². The molecule has 7 heteroatoms. The lowest BCUT2D eigenvalue weighted by molar-refractivity contribution is 0.0326. The molecule has 0 amide bonds. The van der Waals surface area contributed by atoms with E-state index in [1.807, 2.05) is 48.5 Å². The molecular formula is C22H21ClN2O4. The van der Waals surface area contributed by atoms with Gasteiger partial charge in [-0.05, 0) is 22.3 Å². The molecule has 150 valence electrons. The van der Waals surface area contributed by atoms with E-state index in [4.69, 9.17) is 16.3 Å². The van der Waals surface area contributed by atoms with Crippen molar-refractivity contribution in [2.24, 2.45) is 0 Å². The minimum absolute atomic E-state index is 0.324. The summed E-state index contributed by atoms with van der Waals surface area (Å²) in [6.07, 6.45) is 0.351. The number of rotatable bonds is 2. The van der Waals surface area contributed by atoms with Gasteiger partial charge in [0.25, 0.3) is 0 Å². The molecule has 0 bridgehead atoms. The minimum Gasteiger partial charge on any atom is -0.471 e. The van der Waals surface area contributed by atoms with E-state index >= 15 is 0 Å². The summed E-state index contributed by atoms with van der Waals surface area (Å²) in [6.45, 7) is 0. The number of fused-ring (bicyclic) bond motifs is 2. The third-order valence-corrected chi connectivity index (χ3v) is 5.40. The first-order chi connectivity index (χ1) is 14.0. The molecule has 0 saturated carbocycles. The van der Waals surface area contributed by atoms with Crippen LogP contribution in [-0.4, -0.2) is 37.5 Å². The van der Waals surface area contributed by atoms with E-state index in [1.54, 1.807) is 0 Å². The van der Waals surface area contributed by atoms with Crippen molar-refractivity contribution < 1.29 is 20.1 Å². The van der Waals surface area contributed by atoms with Crippen molar-refractivity contribution in [1.82, 2.24) is 9.97 Å². The van der Waals surface area contributed by atoms with E-state index in [0.29, 0.717) is 23.9 Å². The van der Waals surface area contributed by atoms with Crippen molar-refractivity contribution >= 4 is 11.6 Å². The van der Waals surface area contributed by atoms with Crippen LogP contribution in [-0.2, 0) is 12.8 Å². The number of hydrogen-bond acceptors (Lipinski definition) is 6. The molecule has 0 fully saturated rings. The van der Waals surface area contributed by atoms with Crippen molar-refractivity contribution in [1.29, 1.82) is 0 Å². The molecule has 5 rings (SSSR count). The van der Waals surface area contributed by atoms with Gasteiger partial charge in [0.2, 0.25) is 5.88 Å². The third-order valence-electron chi connectivity index (χ3n) is 5.19. The highest BCUT2D eigenvalue weighted by Crippen LogP contribution is 2.33. The maximum atomic E-state index is 10.2. The molecule has 3 aromatic rings. The smallest absolute Gasteiger partial charge is 0.218 e. The summed E-state index contributed by atoms with van der Waals surface area (Å²) in [6, 6.07) is 16.9. The molecular weight excluding hydrogens is 392 g/mol. The van der Waals surface area contributed by atoms with E-state index < -0.39 is 18.3 Å². The van der Waals surface area contributed by atoms with Crippen LogP contribution >= 0.6 is 11.6 Å². The van der Waals surface area contributed by atoms with Gasteiger partial charge in [-0.1, -0.05) is 60.1 Å². The fourth-order valence-electron chi connectivity index (χ4n) is 3.73. The molecule has 0 unspecified atom stereocenters. The maximum Gasteiger partial charge on any atom is 0.218 e. The summed E-state index contributed by atoms with van der Waals surface area (Å²) in [4.78, 5) is 7.76. The zero-order chi connectivity index (χ0) is 20.4. The normalized spacial score (nSPS) is 24.3. The predicted molar refractivity (Wildman–Crippen MR) is 108 cm³/mol. The van der Waals surface area contributed by atoms with Crippen LogP contribution in [0.2, 0.25) is 5.15 Å². The molecule has 4 atom stereocenters. The second-order valence-corrected chi connectivity index (χ2v) is 7.49. The zero-order valence-electron chi connectivity index (χ0n) is 15.5. The van der Waals surface area contributed by atoms with E-state index in [1.165, 1.54) is 12.4 Å². The van der Waals surface area contributed by atoms with E-state index in [9.17, 15) is 15.3 Å². The first-order valence-electron chi connectivity index (χ1n) is 9.37. The van der Waals surface area contributed by atoms with Crippen molar-refractivity contribution in [3.8, 4) is 5.88 Å².